The van der Waals surface area contributed by atoms with E-state index in [2.05, 4.69) is 25.3 Å². The molecule has 3 aromatic rings. The Labute approximate surface area is 127 Å². The van der Waals surface area contributed by atoms with Crippen LogP contribution in [0.2, 0.25) is 0 Å². The molecule has 0 fully saturated rings. The van der Waals surface area contributed by atoms with Crippen LogP contribution in [0.25, 0.3) is 11.2 Å². The molecule has 9 heteroatoms. The van der Waals surface area contributed by atoms with E-state index in [-0.39, 0.29) is 16.7 Å². The van der Waals surface area contributed by atoms with E-state index in [0.29, 0.717) is 29.2 Å². The van der Waals surface area contributed by atoms with Crippen molar-refractivity contribution >= 4 is 28.9 Å². The van der Waals surface area contributed by atoms with Crippen molar-refractivity contribution in [1.29, 1.82) is 0 Å². The fraction of sp³-hybridized carbons (Fsp3) is 0.154. The van der Waals surface area contributed by atoms with Crippen molar-refractivity contribution in [2.24, 2.45) is 0 Å². The first-order chi connectivity index (χ1) is 10.5. The van der Waals surface area contributed by atoms with Crippen LogP contribution in [-0.2, 0) is 6.54 Å². The average Bonchev–Trinajstić information content (AvgIpc) is 2.91. The van der Waals surface area contributed by atoms with Crippen LogP contribution in [0.4, 0.5) is 19.1 Å². The number of aromatic amines is 1. The second kappa shape index (κ2) is 5.84. The minimum atomic E-state index is -4.29. The molecule has 0 atom stereocenters. The number of hydrogen-bond acceptors (Lipinski definition) is 5. The van der Waals surface area contributed by atoms with Crippen LogP contribution in [0.3, 0.4) is 0 Å². The summed E-state index contributed by atoms with van der Waals surface area (Å²) in [5.74, 6) is 0.369. The smallest absolute Gasteiger partial charge is 0.350 e. The molecule has 0 saturated carbocycles. The second-order valence-electron chi connectivity index (χ2n) is 4.38. The molecule has 0 aliphatic carbocycles. The molecule has 3 rings (SSSR count). The van der Waals surface area contributed by atoms with Gasteiger partial charge in [0.25, 0.3) is 0 Å². The summed E-state index contributed by atoms with van der Waals surface area (Å²) in [6, 6.07) is 6.23. The first-order valence-electron chi connectivity index (χ1n) is 6.24. The zero-order valence-corrected chi connectivity index (χ0v) is 11.9. The van der Waals surface area contributed by atoms with Gasteiger partial charge in [-0.1, -0.05) is 12.1 Å². The Bertz CT molecular complexity index is 786. The van der Waals surface area contributed by atoms with E-state index in [1.807, 2.05) is 0 Å². The SMILES string of the molecule is FC(F)(F)Sc1cccc(CNc2ncc3[nH]cnc3n2)c1. The van der Waals surface area contributed by atoms with Crippen molar-refractivity contribution in [3.8, 4) is 0 Å². The number of nitrogens with zero attached hydrogens (tertiary/aromatic N) is 3. The Morgan fingerprint density at radius 3 is 2.91 bits per heavy atom. The number of thioether (sulfide) groups is 1. The molecule has 2 N–H and O–H groups in total. The largest absolute Gasteiger partial charge is 0.446 e. The third kappa shape index (κ3) is 3.67. The normalized spacial score (nSPS) is 11.8. The summed E-state index contributed by atoms with van der Waals surface area (Å²) in [6.45, 7) is 0.322. The molecule has 22 heavy (non-hydrogen) atoms. The Morgan fingerprint density at radius 1 is 1.23 bits per heavy atom. The fourth-order valence-electron chi connectivity index (χ4n) is 1.85. The number of alkyl halides is 3. The molecular weight excluding hydrogens is 315 g/mol. The van der Waals surface area contributed by atoms with Gasteiger partial charge in [-0.3, -0.25) is 0 Å². The predicted molar refractivity (Wildman–Crippen MR) is 77.4 cm³/mol. The number of fused-ring (bicyclic) bond motifs is 1. The van der Waals surface area contributed by atoms with Gasteiger partial charge in [-0.2, -0.15) is 18.2 Å². The fourth-order valence-corrected chi connectivity index (χ4v) is 2.48. The van der Waals surface area contributed by atoms with Crippen molar-refractivity contribution in [2.75, 3.05) is 5.32 Å². The van der Waals surface area contributed by atoms with Gasteiger partial charge in [0.15, 0.2) is 5.65 Å². The summed E-state index contributed by atoms with van der Waals surface area (Å²) in [5.41, 5.74) is -2.34. The highest BCUT2D eigenvalue weighted by Gasteiger charge is 2.29. The summed E-state index contributed by atoms with van der Waals surface area (Å²) in [5, 5.41) is 2.97. The van der Waals surface area contributed by atoms with Gasteiger partial charge in [0.1, 0.15) is 5.52 Å². The van der Waals surface area contributed by atoms with Crippen molar-refractivity contribution in [3.63, 3.8) is 0 Å². The lowest BCUT2D eigenvalue weighted by Gasteiger charge is -2.08. The van der Waals surface area contributed by atoms with Crippen LogP contribution in [0, 0.1) is 0 Å². The molecule has 0 saturated heterocycles. The first-order valence-corrected chi connectivity index (χ1v) is 7.06. The molecule has 2 aromatic heterocycles. The first kappa shape index (κ1) is 14.6. The van der Waals surface area contributed by atoms with Crippen LogP contribution >= 0.6 is 11.8 Å². The standard InChI is InChI=1S/C13H10F3N5S/c14-13(15,16)22-9-3-1-2-8(4-9)5-17-12-18-6-10-11(21-12)20-7-19-10/h1-4,6-7H,5H2,(H2,17,18,19,20,21). The summed E-state index contributed by atoms with van der Waals surface area (Å²) in [7, 11) is 0. The van der Waals surface area contributed by atoms with Crippen LogP contribution in [0.1, 0.15) is 5.56 Å². The monoisotopic (exact) mass is 325 g/mol. The number of H-pyrrole nitrogens is 1. The van der Waals surface area contributed by atoms with Gasteiger partial charge in [-0.25, -0.2) is 9.97 Å². The molecule has 0 bridgehead atoms. The molecule has 0 unspecified atom stereocenters. The number of anilines is 1. The lowest BCUT2D eigenvalue weighted by molar-refractivity contribution is -0.0328. The van der Waals surface area contributed by atoms with Gasteiger partial charge in [-0.05, 0) is 29.5 Å². The topological polar surface area (TPSA) is 66.5 Å². The van der Waals surface area contributed by atoms with Gasteiger partial charge < -0.3 is 10.3 Å². The highest BCUT2D eigenvalue weighted by Crippen LogP contribution is 2.36. The average molecular weight is 325 g/mol. The lowest BCUT2D eigenvalue weighted by Crippen LogP contribution is -2.04. The van der Waals surface area contributed by atoms with E-state index >= 15 is 0 Å². The van der Waals surface area contributed by atoms with Crippen LogP contribution < -0.4 is 5.32 Å². The highest BCUT2D eigenvalue weighted by molar-refractivity contribution is 8.00. The van der Waals surface area contributed by atoms with Gasteiger partial charge in [0, 0.05) is 11.4 Å². The Balaban J connectivity index is 1.69. The number of rotatable bonds is 4. The van der Waals surface area contributed by atoms with E-state index < -0.39 is 5.51 Å². The third-order valence-electron chi connectivity index (χ3n) is 2.76. The zero-order valence-electron chi connectivity index (χ0n) is 11.1. The van der Waals surface area contributed by atoms with E-state index in [1.54, 1.807) is 18.3 Å². The van der Waals surface area contributed by atoms with E-state index in [4.69, 9.17) is 0 Å². The molecule has 0 radical (unpaired) electrons. The van der Waals surface area contributed by atoms with Crippen LogP contribution in [0.15, 0.2) is 41.7 Å². The number of benzene rings is 1. The van der Waals surface area contributed by atoms with E-state index in [0.717, 1.165) is 0 Å². The quantitative estimate of drug-likeness (QED) is 0.718. The molecule has 0 aliphatic heterocycles. The molecule has 2 heterocycles. The number of imidazole rings is 1. The lowest BCUT2D eigenvalue weighted by atomic mass is 10.2. The number of aromatic nitrogens is 4. The molecule has 1 aromatic carbocycles. The predicted octanol–water partition coefficient (Wildman–Crippen LogP) is 3.58. The number of hydrogen-bond donors (Lipinski definition) is 2. The van der Waals surface area contributed by atoms with E-state index in [9.17, 15) is 13.2 Å². The number of nitrogens with one attached hydrogen (secondary N) is 2. The van der Waals surface area contributed by atoms with E-state index in [1.165, 1.54) is 18.5 Å². The van der Waals surface area contributed by atoms with Crippen molar-refractivity contribution in [2.45, 2.75) is 16.9 Å². The summed E-state index contributed by atoms with van der Waals surface area (Å²) in [4.78, 5) is 15.3. The Hall–Kier alpha value is -2.29. The van der Waals surface area contributed by atoms with Crippen LogP contribution in [-0.4, -0.2) is 25.4 Å². The Kier molecular flexibility index (Phi) is 3.88. The minimum absolute atomic E-state index is 0.134. The van der Waals surface area contributed by atoms with Crippen molar-refractivity contribution in [3.05, 3.63) is 42.4 Å². The summed E-state index contributed by atoms with van der Waals surface area (Å²) >= 11 is -0.134. The maximum atomic E-state index is 12.4. The maximum absolute atomic E-state index is 12.4. The van der Waals surface area contributed by atoms with Gasteiger partial charge in [-0.15, -0.1) is 0 Å². The molecule has 0 aliphatic rings. The molecule has 0 amide bonds. The van der Waals surface area contributed by atoms with Gasteiger partial charge in [0.05, 0.1) is 12.5 Å². The maximum Gasteiger partial charge on any atom is 0.446 e. The third-order valence-corrected chi connectivity index (χ3v) is 3.48. The summed E-state index contributed by atoms with van der Waals surface area (Å²) < 4.78 is 37.1. The van der Waals surface area contributed by atoms with Gasteiger partial charge in [0.2, 0.25) is 5.95 Å². The zero-order chi connectivity index (χ0) is 15.6. The molecule has 5 nitrogen and oxygen atoms in total. The van der Waals surface area contributed by atoms with Crippen molar-refractivity contribution < 1.29 is 13.2 Å². The second-order valence-corrected chi connectivity index (χ2v) is 5.52. The molecule has 0 spiro atoms. The van der Waals surface area contributed by atoms with Crippen LogP contribution in [0.5, 0.6) is 0 Å². The Morgan fingerprint density at radius 2 is 2.09 bits per heavy atom. The van der Waals surface area contributed by atoms with Gasteiger partial charge >= 0.3 is 5.51 Å². The summed E-state index contributed by atoms with van der Waals surface area (Å²) in [6.07, 6.45) is 3.11. The van der Waals surface area contributed by atoms with Crippen molar-refractivity contribution in [1.82, 2.24) is 19.9 Å². The number of halogens is 3. The molecular formula is C13H10F3N5S. The molecule has 114 valence electrons. The minimum Gasteiger partial charge on any atom is -0.350 e. The highest BCUT2D eigenvalue weighted by atomic mass is 32.2.